The minimum absolute atomic E-state index is 0.124. The molecule has 2 aromatic carbocycles. The van der Waals surface area contributed by atoms with Gasteiger partial charge in [0.2, 0.25) is 0 Å². The predicted octanol–water partition coefficient (Wildman–Crippen LogP) is 4.07. The second kappa shape index (κ2) is 7.16. The Kier molecular flexibility index (Phi) is 4.94. The van der Waals surface area contributed by atoms with Crippen LogP contribution >= 0.6 is 0 Å². The number of hydrogen-bond donors (Lipinski definition) is 1. The average Bonchev–Trinajstić information content (AvgIpc) is 2.87. The molecule has 0 aromatic heterocycles. The van der Waals surface area contributed by atoms with Crippen molar-refractivity contribution >= 4 is 17.4 Å². The Hall–Kier alpha value is -2.88. The number of benzene rings is 2. The normalized spacial score (nSPS) is 19.4. The van der Waals surface area contributed by atoms with Gasteiger partial charge in [-0.2, -0.15) is 0 Å². The van der Waals surface area contributed by atoms with Crippen molar-refractivity contribution in [2.24, 2.45) is 5.92 Å². The predicted molar refractivity (Wildman–Crippen MR) is 101 cm³/mol. The molecular formula is C22H23NO3. The number of aryl methyl sites for hydroxylation is 1. The van der Waals surface area contributed by atoms with Crippen LogP contribution in [0, 0.1) is 12.8 Å². The number of Topliss-reactive ketones (excluding diaryl/α,β-unsaturated/α-hetero) is 1. The van der Waals surface area contributed by atoms with Crippen molar-refractivity contribution in [3.05, 3.63) is 76.9 Å². The molecule has 0 spiro atoms. The van der Waals surface area contributed by atoms with Crippen molar-refractivity contribution in [2.75, 3.05) is 6.54 Å². The number of aliphatic hydroxyl groups is 1. The van der Waals surface area contributed by atoms with Crippen LogP contribution in [0.2, 0.25) is 0 Å². The second-order valence-electron chi connectivity index (χ2n) is 7.12. The highest BCUT2D eigenvalue weighted by Crippen LogP contribution is 2.39. The van der Waals surface area contributed by atoms with Crippen molar-refractivity contribution in [1.29, 1.82) is 0 Å². The van der Waals surface area contributed by atoms with Crippen LogP contribution in [0.5, 0.6) is 0 Å². The average molecular weight is 349 g/mol. The van der Waals surface area contributed by atoms with Crippen molar-refractivity contribution in [1.82, 2.24) is 4.90 Å². The first-order chi connectivity index (χ1) is 12.4. The van der Waals surface area contributed by atoms with E-state index < -0.39 is 17.7 Å². The van der Waals surface area contributed by atoms with Gasteiger partial charge in [-0.3, -0.25) is 9.59 Å². The third-order valence-electron chi connectivity index (χ3n) is 4.54. The van der Waals surface area contributed by atoms with Crippen LogP contribution in [0.4, 0.5) is 0 Å². The van der Waals surface area contributed by atoms with E-state index in [1.54, 1.807) is 29.2 Å². The molecule has 0 radical (unpaired) electrons. The lowest BCUT2D eigenvalue weighted by atomic mass is 9.94. The summed E-state index contributed by atoms with van der Waals surface area (Å²) in [5.41, 5.74) is 2.61. The quantitative estimate of drug-likeness (QED) is 0.514. The molecule has 0 saturated carbocycles. The van der Waals surface area contributed by atoms with Gasteiger partial charge in [0.05, 0.1) is 11.6 Å². The van der Waals surface area contributed by atoms with E-state index in [2.05, 4.69) is 0 Å². The van der Waals surface area contributed by atoms with E-state index in [1.165, 1.54) is 0 Å². The third kappa shape index (κ3) is 3.27. The maximum absolute atomic E-state index is 12.8. The summed E-state index contributed by atoms with van der Waals surface area (Å²) in [6.07, 6.45) is 0. The number of carbonyl (C=O) groups excluding carboxylic acids is 2. The number of ketones is 1. The summed E-state index contributed by atoms with van der Waals surface area (Å²) in [4.78, 5) is 27.0. The Morgan fingerprint density at radius 2 is 1.65 bits per heavy atom. The monoisotopic (exact) mass is 349 g/mol. The Morgan fingerprint density at radius 1 is 1.04 bits per heavy atom. The summed E-state index contributed by atoms with van der Waals surface area (Å²) in [6.45, 7) is 6.44. The number of rotatable bonds is 4. The highest BCUT2D eigenvalue weighted by molar-refractivity contribution is 6.46. The van der Waals surface area contributed by atoms with E-state index in [1.807, 2.05) is 51.1 Å². The van der Waals surface area contributed by atoms with Crippen molar-refractivity contribution < 1.29 is 14.7 Å². The van der Waals surface area contributed by atoms with Gasteiger partial charge in [0, 0.05) is 12.1 Å². The molecule has 1 aliphatic rings. The summed E-state index contributed by atoms with van der Waals surface area (Å²) in [5, 5.41) is 10.8. The lowest BCUT2D eigenvalue weighted by Crippen LogP contribution is -2.33. The zero-order valence-corrected chi connectivity index (χ0v) is 15.3. The minimum Gasteiger partial charge on any atom is -0.507 e. The molecule has 1 heterocycles. The summed E-state index contributed by atoms with van der Waals surface area (Å²) in [6, 6.07) is 16.1. The second-order valence-corrected chi connectivity index (χ2v) is 7.12. The molecular weight excluding hydrogens is 326 g/mol. The van der Waals surface area contributed by atoms with Gasteiger partial charge in [-0.15, -0.1) is 0 Å². The van der Waals surface area contributed by atoms with E-state index in [9.17, 15) is 14.7 Å². The molecule has 1 saturated heterocycles. The SMILES string of the molecule is Cc1ccc([C@@H]2C(=C(O)c3ccccc3)C(=O)C(=O)N2CC(C)C)cc1. The van der Waals surface area contributed by atoms with Gasteiger partial charge in [0.15, 0.2) is 0 Å². The van der Waals surface area contributed by atoms with Crippen molar-refractivity contribution in [3.8, 4) is 0 Å². The molecule has 0 bridgehead atoms. The molecule has 1 fully saturated rings. The van der Waals surface area contributed by atoms with Crippen LogP contribution < -0.4 is 0 Å². The fourth-order valence-corrected chi connectivity index (χ4v) is 3.31. The molecule has 3 rings (SSSR count). The highest BCUT2D eigenvalue weighted by Gasteiger charge is 2.46. The van der Waals surface area contributed by atoms with Crippen molar-refractivity contribution in [3.63, 3.8) is 0 Å². The van der Waals surface area contributed by atoms with Crippen LogP contribution in [0.1, 0.15) is 36.6 Å². The Bertz CT molecular complexity index is 851. The van der Waals surface area contributed by atoms with Crippen LogP contribution in [0.25, 0.3) is 5.76 Å². The molecule has 4 heteroatoms. The lowest BCUT2D eigenvalue weighted by molar-refractivity contribution is -0.140. The zero-order chi connectivity index (χ0) is 18.8. The first kappa shape index (κ1) is 17.9. The molecule has 0 aliphatic carbocycles. The molecule has 1 N–H and O–H groups in total. The first-order valence-corrected chi connectivity index (χ1v) is 8.80. The fourth-order valence-electron chi connectivity index (χ4n) is 3.31. The molecule has 134 valence electrons. The van der Waals surface area contributed by atoms with Gasteiger partial charge in [0.1, 0.15) is 5.76 Å². The van der Waals surface area contributed by atoms with E-state index in [0.717, 1.165) is 11.1 Å². The van der Waals surface area contributed by atoms with Gasteiger partial charge in [-0.25, -0.2) is 0 Å². The standard InChI is InChI=1S/C22H23NO3/c1-14(2)13-23-19(16-11-9-15(3)10-12-16)18(21(25)22(23)26)20(24)17-7-5-4-6-8-17/h4-12,14,19,24H,13H2,1-3H3/t19-/m1/s1. The summed E-state index contributed by atoms with van der Waals surface area (Å²) in [7, 11) is 0. The highest BCUT2D eigenvalue weighted by atomic mass is 16.3. The number of aliphatic hydroxyl groups excluding tert-OH is 1. The Morgan fingerprint density at radius 3 is 2.23 bits per heavy atom. The van der Waals surface area contributed by atoms with Gasteiger partial charge < -0.3 is 10.0 Å². The first-order valence-electron chi connectivity index (χ1n) is 8.80. The summed E-state index contributed by atoms with van der Waals surface area (Å²) in [5.74, 6) is -1.10. The van der Waals surface area contributed by atoms with Crippen molar-refractivity contribution in [2.45, 2.75) is 26.8 Å². The van der Waals surface area contributed by atoms with Crippen LogP contribution in [0.3, 0.4) is 0 Å². The van der Waals surface area contributed by atoms with Crippen LogP contribution in [-0.4, -0.2) is 28.2 Å². The maximum Gasteiger partial charge on any atom is 0.295 e. The maximum atomic E-state index is 12.8. The van der Waals surface area contributed by atoms with Gasteiger partial charge in [-0.05, 0) is 18.4 Å². The summed E-state index contributed by atoms with van der Waals surface area (Å²) < 4.78 is 0. The zero-order valence-electron chi connectivity index (χ0n) is 15.3. The molecule has 0 unspecified atom stereocenters. The number of nitrogens with zero attached hydrogens (tertiary/aromatic N) is 1. The smallest absolute Gasteiger partial charge is 0.295 e. The number of carbonyl (C=O) groups is 2. The Labute approximate surface area is 153 Å². The molecule has 26 heavy (non-hydrogen) atoms. The Balaban J connectivity index is 2.18. The van der Waals surface area contributed by atoms with E-state index in [4.69, 9.17) is 0 Å². The van der Waals surface area contributed by atoms with Gasteiger partial charge in [-0.1, -0.05) is 74.0 Å². The van der Waals surface area contributed by atoms with E-state index >= 15 is 0 Å². The third-order valence-corrected chi connectivity index (χ3v) is 4.54. The largest absolute Gasteiger partial charge is 0.507 e. The number of likely N-dealkylation sites (tertiary alicyclic amines) is 1. The topological polar surface area (TPSA) is 57.6 Å². The molecule has 1 aliphatic heterocycles. The molecule has 1 atom stereocenters. The van der Waals surface area contributed by atoms with Gasteiger partial charge >= 0.3 is 0 Å². The van der Waals surface area contributed by atoms with Gasteiger partial charge in [0.25, 0.3) is 11.7 Å². The van der Waals surface area contributed by atoms with E-state index in [-0.39, 0.29) is 17.3 Å². The molecule has 4 nitrogen and oxygen atoms in total. The van der Waals surface area contributed by atoms with E-state index in [0.29, 0.717) is 12.1 Å². The van der Waals surface area contributed by atoms with Crippen LogP contribution in [0.15, 0.2) is 60.2 Å². The minimum atomic E-state index is -0.627. The number of amides is 1. The number of hydrogen-bond acceptors (Lipinski definition) is 3. The fraction of sp³-hybridized carbons (Fsp3) is 0.273. The van der Waals surface area contributed by atoms with Crippen LogP contribution in [-0.2, 0) is 9.59 Å². The summed E-state index contributed by atoms with van der Waals surface area (Å²) >= 11 is 0. The lowest BCUT2D eigenvalue weighted by Gasteiger charge is -2.27. The molecule has 2 aromatic rings. The molecule has 1 amide bonds.